The van der Waals surface area contributed by atoms with Crippen molar-refractivity contribution in [3.05, 3.63) is 6.07 Å². The zero-order valence-electron chi connectivity index (χ0n) is 11.1. The van der Waals surface area contributed by atoms with Crippen molar-refractivity contribution in [3.63, 3.8) is 0 Å². The summed E-state index contributed by atoms with van der Waals surface area (Å²) in [6.45, 7) is 4.51. The molecule has 0 atom stereocenters. The first-order valence-electron chi connectivity index (χ1n) is 6.39. The van der Waals surface area contributed by atoms with E-state index >= 15 is 0 Å². The predicted molar refractivity (Wildman–Crippen MR) is 77.5 cm³/mol. The summed E-state index contributed by atoms with van der Waals surface area (Å²) in [4.78, 5) is 11.3. The Kier molecular flexibility index (Phi) is 5.07. The Morgan fingerprint density at radius 2 is 2.00 bits per heavy atom. The molecule has 2 rings (SSSR count). The van der Waals surface area contributed by atoms with Crippen molar-refractivity contribution in [3.8, 4) is 0 Å². The Morgan fingerprint density at radius 3 is 2.67 bits per heavy atom. The van der Waals surface area contributed by atoms with Gasteiger partial charge in [0.15, 0.2) is 5.16 Å². The average Bonchev–Trinajstić information content (AvgIpc) is 2.91. The van der Waals surface area contributed by atoms with Crippen LogP contribution in [-0.2, 0) is 0 Å². The smallest absolute Gasteiger partial charge is 0.191 e. The third-order valence-corrected chi connectivity index (χ3v) is 3.62. The third kappa shape index (κ3) is 3.74. The standard InChI is InChI=1S/C12H21N5S/c1-13-10-9-11(16-12(15-10)18-2)14-5-8-17-6-3-4-7-17/h9H,3-8H2,1-2H3,(H2,13,14,15,16). The van der Waals surface area contributed by atoms with Crippen molar-refractivity contribution >= 4 is 23.4 Å². The van der Waals surface area contributed by atoms with E-state index in [1.807, 2.05) is 19.4 Å². The fraction of sp³-hybridized carbons (Fsp3) is 0.667. The van der Waals surface area contributed by atoms with E-state index in [9.17, 15) is 0 Å². The van der Waals surface area contributed by atoms with Crippen LogP contribution >= 0.6 is 11.8 Å². The summed E-state index contributed by atoms with van der Waals surface area (Å²) in [6, 6.07) is 1.95. The third-order valence-electron chi connectivity index (χ3n) is 3.08. The van der Waals surface area contributed by atoms with Crippen molar-refractivity contribution in [2.24, 2.45) is 0 Å². The van der Waals surface area contributed by atoms with Gasteiger partial charge in [-0.1, -0.05) is 11.8 Å². The largest absolute Gasteiger partial charge is 0.373 e. The molecule has 0 bridgehead atoms. The Balaban J connectivity index is 1.87. The van der Waals surface area contributed by atoms with Crippen molar-refractivity contribution in [2.75, 3.05) is 50.1 Å². The molecule has 1 aliphatic rings. The van der Waals surface area contributed by atoms with Crippen LogP contribution in [0.3, 0.4) is 0 Å². The fourth-order valence-corrected chi connectivity index (χ4v) is 2.46. The molecule has 18 heavy (non-hydrogen) atoms. The van der Waals surface area contributed by atoms with E-state index in [0.717, 1.165) is 29.9 Å². The van der Waals surface area contributed by atoms with Gasteiger partial charge in [0.1, 0.15) is 11.6 Å². The molecule has 0 aromatic carbocycles. The number of anilines is 2. The maximum Gasteiger partial charge on any atom is 0.191 e. The second kappa shape index (κ2) is 6.80. The number of nitrogens with one attached hydrogen (secondary N) is 2. The van der Waals surface area contributed by atoms with Gasteiger partial charge in [-0.2, -0.15) is 0 Å². The van der Waals surface area contributed by atoms with Gasteiger partial charge in [0, 0.05) is 26.2 Å². The van der Waals surface area contributed by atoms with E-state index in [1.165, 1.54) is 25.9 Å². The van der Waals surface area contributed by atoms with Crippen LogP contribution < -0.4 is 10.6 Å². The molecule has 100 valence electrons. The Bertz CT molecular complexity index is 356. The van der Waals surface area contributed by atoms with Crippen LogP contribution in [0.1, 0.15) is 12.8 Å². The zero-order chi connectivity index (χ0) is 12.8. The van der Waals surface area contributed by atoms with Gasteiger partial charge in [-0.15, -0.1) is 0 Å². The van der Waals surface area contributed by atoms with Gasteiger partial charge in [-0.3, -0.25) is 0 Å². The monoisotopic (exact) mass is 267 g/mol. The van der Waals surface area contributed by atoms with Crippen molar-refractivity contribution in [2.45, 2.75) is 18.0 Å². The number of nitrogens with zero attached hydrogens (tertiary/aromatic N) is 3. The molecule has 0 unspecified atom stereocenters. The van der Waals surface area contributed by atoms with Gasteiger partial charge in [-0.05, 0) is 32.2 Å². The van der Waals surface area contributed by atoms with E-state index in [0.29, 0.717) is 0 Å². The van der Waals surface area contributed by atoms with Gasteiger partial charge in [0.2, 0.25) is 0 Å². The van der Waals surface area contributed by atoms with E-state index in [1.54, 1.807) is 11.8 Å². The Labute approximate surface area is 113 Å². The van der Waals surface area contributed by atoms with Crippen LogP contribution in [0.2, 0.25) is 0 Å². The summed E-state index contributed by atoms with van der Waals surface area (Å²) < 4.78 is 0. The minimum absolute atomic E-state index is 0.797. The van der Waals surface area contributed by atoms with Crippen molar-refractivity contribution in [1.82, 2.24) is 14.9 Å². The summed E-state index contributed by atoms with van der Waals surface area (Å²) >= 11 is 1.56. The maximum absolute atomic E-state index is 4.45. The molecule has 1 fully saturated rings. The van der Waals surface area contributed by atoms with E-state index in [2.05, 4.69) is 25.5 Å². The lowest BCUT2D eigenvalue weighted by Gasteiger charge is -2.15. The molecule has 5 nitrogen and oxygen atoms in total. The first-order chi connectivity index (χ1) is 8.81. The molecule has 2 N–H and O–H groups in total. The number of rotatable bonds is 6. The van der Waals surface area contributed by atoms with Gasteiger partial charge in [-0.25, -0.2) is 9.97 Å². The number of aromatic nitrogens is 2. The summed E-state index contributed by atoms with van der Waals surface area (Å²) in [5, 5.41) is 7.23. The minimum Gasteiger partial charge on any atom is -0.373 e. The van der Waals surface area contributed by atoms with Crippen molar-refractivity contribution in [1.29, 1.82) is 0 Å². The highest BCUT2D eigenvalue weighted by molar-refractivity contribution is 7.98. The fourth-order valence-electron chi connectivity index (χ4n) is 2.08. The van der Waals surface area contributed by atoms with E-state index in [4.69, 9.17) is 0 Å². The van der Waals surface area contributed by atoms with Crippen LogP contribution in [0.15, 0.2) is 11.2 Å². The summed E-state index contributed by atoms with van der Waals surface area (Å²) in [5.41, 5.74) is 0. The van der Waals surface area contributed by atoms with E-state index in [-0.39, 0.29) is 0 Å². The van der Waals surface area contributed by atoms with Crippen molar-refractivity contribution < 1.29 is 0 Å². The summed E-state index contributed by atoms with van der Waals surface area (Å²) in [6.07, 6.45) is 4.67. The summed E-state index contributed by atoms with van der Waals surface area (Å²) in [5.74, 6) is 1.76. The molecule has 2 heterocycles. The average molecular weight is 267 g/mol. The van der Waals surface area contributed by atoms with Crippen LogP contribution in [0.4, 0.5) is 11.6 Å². The molecule has 1 saturated heterocycles. The van der Waals surface area contributed by atoms with Gasteiger partial charge >= 0.3 is 0 Å². The predicted octanol–water partition coefficient (Wildman–Crippen LogP) is 1.75. The topological polar surface area (TPSA) is 53.1 Å². The molecule has 0 spiro atoms. The molecule has 1 aromatic rings. The van der Waals surface area contributed by atoms with Gasteiger partial charge in [0.05, 0.1) is 0 Å². The summed E-state index contributed by atoms with van der Waals surface area (Å²) in [7, 11) is 1.88. The van der Waals surface area contributed by atoms with E-state index < -0.39 is 0 Å². The molecule has 6 heteroatoms. The second-order valence-corrected chi connectivity index (χ2v) is 5.12. The first kappa shape index (κ1) is 13.4. The molecule has 0 aliphatic carbocycles. The number of hydrogen-bond acceptors (Lipinski definition) is 6. The highest BCUT2D eigenvalue weighted by Gasteiger charge is 2.10. The van der Waals surface area contributed by atoms with Crippen LogP contribution in [0.5, 0.6) is 0 Å². The van der Waals surface area contributed by atoms with Crippen LogP contribution in [0, 0.1) is 0 Å². The molecule has 1 aromatic heterocycles. The molecular weight excluding hydrogens is 246 g/mol. The molecule has 0 radical (unpaired) electrons. The Hall–Kier alpha value is -1.01. The number of thioether (sulfide) groups is 1. The molecule has 1 aliphatic heterocycles. The number of likely N-dealkylation sites (tertiary alicyclic amines) is 1. The Morgan fingerprint density at radius 1 is 1.28 bits per heavy atom. The van der Waals surface area contributed by atoms with Gasteiger partial charge < -0.3 is 15.5 Å². The quantitative estimate of drug-likeness (QED) is 0.605. The normalized spacial score (nSPS) is 15.9. The highest BCUT2D eigenvalue weighted by Crippen LogP contribution is 2.16. The van der Waals surface area contributed by atoms with Crippen LogP contribution in [-0.4, -0.2) is 54.4 Å². The lowest BCUT2D eigenvalue weighted by atomic mass is 10.4. The lowest BCUT2D eigenvalue weighted by molar-refractivity contribution is 0.352. The highest BCUT2D eigenvalue weighted by atomic mass is 32.2. The van der Waals surface area contributed by atoms with Gasteiger partial charge in [0.25, 0.3) is 0 Å². The first-order valence-corrected chi connectivity index (χ1v) is 7.61. The lowest BCUT2D eigenvalue weighted by Crippen LogP contribution is -2.26. The molecule has 0 amide bonds. The number of hydrogen-bond donors (Lipinski definition) is 2. The minimum atomic E-state index is 0.797. The molecular formula is C12H21N5S. The maximum atomic E-state index is 4.45. The SMILES string of the molecule is CNc1cc(NCCN2CCCC2)nc(SC)n1. The second-order valence-electron chi connectivity index (χ2n) is 4.35. The molecule has 0 saturated carbocycles. The zero-order valence-corrected chi connectivity index (χ0v) is 11.9. The van der Waals surface area contributed by atoms with Crippen LogP contribution in [0.25, 0.3) is 0 Å².